The van der Waals surface area contributed by atoms with E-state index in [9.17, 15) is 8.78 Å². The van der Waals surface area contributed by atoms with Crippen LogP contribution in [0.1, 0.15) is 16.7 Å². The lowest BCUT2D eigenvalue weighted by molar-refractivity contribution is 0.406. The average Bonchev–Trinajstić information content (AvgIpc) is 2.32. The molecule has 1 nitrogen and oxygen atoms in total. The molecule has 100 valence electrons. The standard InChI is InChI=1S/C15H13BrF2O/c1-9-3-10(2)5-12(4-9)19-15-13(17)6-11(8-16)7-14(15)18/h3-7H,8H2,1-2H3. The predicted molar refractivity (Wildman–Crippen MR) is 75.0 cm³/mol. The topological polar surface area (TPSA) is 9.23 Å². The van der Waals surface area contributed by atoms with Crippen LogP contribution in [0.2, 0.25) is 0 Å². The van der Waals surface area contributed by atoms with E-state index in [0.29, 0.717) is 16.6 Å². The second-order valence-electron chi connectivity index (χ2n) is 4.45. The smallest absolute Gasteiger partial charge is 0.198 e. The monoisotopic (exact) mass is 326 g/mol. The van der Waals surface area contributed by atoms with Crippen molar-refractivity contribution in [3.05, 3.63) is 58.7 Å². The van der Waals surface area contributed by atoms with Gasteiger partial charge in [-0.25, -0.2) is 8.78 Å². The molecule has 0 N–H and O–H groups in total. The molecule has 0 amide bonds. The van der Waals surface area contributed by atoms with Crippen molar-refractivity contribution < 1.29 is 13.5 Å². The highest BCUT2D eigenvalue weighted by atomic mass is 79.9. The number of ether oxygens (including phenoxy) is 1. The number of benzene rings is 2. The van der Waals surface area contributed by atoms with E-state index in [1.807, 2.05) is 19.9 Å². The van der Waals surface area contributed by atoms with Crippen LogP contribution >= 0.6 is 15.9 Å². The van der Waals surface area contributed by atoms with Gasteiger partial charge < -0.3 is 4.74 Å². The molecule has 4 heteroatoms. The summed E-state index contributed by atoms with van der Waals surface area (Å²) in [5.41, 5.74) is 2.49. The fourth-order valence-corrected chi connectivity index (χ4v) is 2.22. The third kappa shape index (κ3) is 3.32. The summed E-state index contributed by atoms with van der Waals surface area (Å²) in [6, 6.07) is 7.97. The minimum Gasteiger partial charge on any atom is -0.451 e. The van der Waals surface area contributed by atoms with Crippen LogP contribution in [0.15, 0.2) is 30.3 Å². The molecule has 0 radical (unpaired) electrons. The molecule has 2 rings (SSSR count). The predicted octanol–water partition coefficient (Wildman–Crippen LogP) is 5.27. The minimum atomic E-state index is -0.700. The van der Waals surface area contributed by atoms with Gasteiger partial charge in [0.1, 0.15) is 5.75 Å². The highest BCUT2D eigenvalue weighted by Crippen LogP contribution is 2.30. The Bertz CT molecular complexity index is 568. The Kier molecular flexibility index (Phi) is 4.20. The number of aryl methyl sites for hydroxylation is 2. The van der Waals surface area contributed by atoms with Crippen LogP contribution in [0.4, 0.5) is 8.78 Å². The first-order chi connectivity index (χ1) is 8.99. The Hall–Kier alpha value is -1.42. The third-order valence-electron chi connectivity index (χ3n) is 2.63. The lowest BCUT2D eigenvalue weighted by Crippen LogP contribution is -1.95. The van der Waals surface area contributed by atoms with Gasteiger partial charge in [0, 0.05) is 5.33 Å². The first-order valence-corrected chi connectivity index (χ1v) is 6.92. The molecule has 2 aromatic rings. The largest absolute Gasteiger partial charge is 0.451 e. The Morgan fingerprint density at radius 2 is 1.47 bits per heavy atom. The Morgan fingerprint density at radius 1 is 0.947 bits per heavy atom. The molecule has 0 aliphatic carbocycles. The molecular weight excluding hydrogens is 314 g/mol. The molecule has 0 aromatic heterocycles. The second-order valence-corrected chi connectivity index (χ2v) is 5.01. The molecule has 19 heavy (non-hydrogen) atoms. The Morgan fingerprint density at radius 3 is 1.95 bits per heavy atom. The van der Waals surface area contributed by atoms with E-state index in [-0.39, 0.29) is 5.75 Å². The molecule has 0 unspecified atom stereocenters. The summed E-state index contributed by atoms with van der Waals surface area (Å²) in [5.74, 6) is -1.33. The summed E-state index contributed by atoms with van der Waals surface area (Å²) in [5, 5.41) is 0.394. The van der Waals surface area contributed by atoms with Crippen LogP contribution < -0.4 is 4.74 Å². The van der Waals surface area contributed by atoms with Gasteiger partial charge in [0.2, 0.25) is 0 Å². The van der Waals surface area contributed by atoms with E-state index in [2.05, 4.69) is 15.9 Å². The minimum absolute atomic E-state index is 0.366. The highest BCUT2D eigenvalue weighted by Gasteiger charge is 2.13. The van der Waals surface area contributed by atoms with Crippen molar-refractivity contribution in [3.8, 4) is 11.5 Å². The maximum absolute atomic E-state index is 13.8. The van der Waals surface area contributed by atoms with E-state index in [0.717, 1.165) is 11.1 Å². The number of hydrogen-bond donors (Lipinski definition) is 0. The van der Waals surface area contributed by atoms with Gasteiger partial charge in [0.05, 0.1) is 0 Å². The van der Waals surface area contributed by atoms with Crippen molar-refractivity contribution in [1.82, 2.24) is 0 Å². The van der Waals surface area contributed by atoms with Crippen molar-refractivity contribution in [1.29, 1.82) is 0 Å². The van der Waals surface area contributed by atoms with E-state index in [4.69, 9.17) is 4.74 Å². The normalized spacial score (nSPS) is 10.6. The Labute approximate surface area is 119 Å². The summed E-state index contributed by atoms with van der Waals surface area (Å²) in [7, 11) is 0. The molecule has 0 fully saturated rings. The maximum Gasteiger partial charge on any atom is 0.198 e. The van der Waals surface area contributed by atoms with Gasteiger partial charge in [-0.2, -0.15) is 0 Å². The molecule has 0 saturated heterocycles. The third-order valence-corrected chi connectivity index (χ3v) is 3.27. The zero-order valence-electron chi connectivity index (χ0n) is 10.6. The van der Waals surface area contributed by atoms with Gasteiger partial charge in [0.15, 0.2) is 17.4 Å². The summed E-state index contributed by atoms with van der Waals surface area (Å²) >= 11 is 3.16. The number of alkyl halides is 1. The summed E-state index contributed by atoms with van der Waals surface area (Å²) in [4.78, 5) is 0. The molecular formula is C15H13BrF2O. The van der Waals surface area contributed by atoms with Crippen molar-refractivity contribution in [2.75, 3.05) is 0 Å². The number of rotatable bonds is 3. The van der Waals surface area contributed by atoms with Gasteiger partial charge in [-0.05, 0) is 54.8 Å². The highest BCUT2D eigenvalue weighted by molar-refractivity contribution is 9.08. The lowest BCUT2D eigenvalue weighted by atomic mass is 10.1. The molecule has 0 spiro atoms. The van der Waals surface area contributed by atoms with Crippen molar-refractivity contribution >= 4 is 15.9 Å². The van der Waals surface area contributed by atoms with Crippen molar-refractivity contribution in [2.45, 2.75) is 19.2 Å². The van der Waals surface area contributed by atoms with E-state index in [1.165, 1.54) is 12.1 Å². The van der Waals surface area contributed by atoms with Crippen LogP contribution in [0, 0.1) is 25.5 Å². The average molecular weight is 327 g/mol. The number of hydrogen-bond acceptors (Lipinski definition) is 1. The van der Waals surface area contributed by atoms with Crippen molar-refractivity contribution in [2.24, 2.45) is 0 Å². The summed E-state index contributed by atoms with van der Waals surface area (Å²) in [6.45, 7) is 3.81. The van der Waals surface area contributed by atoms with Gasteiger partial charge in [-0.1, -0.05) is 22.0 Å². The number of halogens is 3. The molecule has 0 bridgehead atoms. The van der Waals surface area contributed by atoms with E-state index >= 15 is 0 Å². The zero-order chi connectivity index (χ0) is 14.0. The summed E-state index contributed by atoms with van der Waals surface area (Å²) in [6.07, 6.45) is 0. The SMILES string of the molecule is Cc1cc(C)cc(Oc2c(F)cc(CBr)cc2F)c1. The van der Waals surface area contributed by atoms with Gasteiger partial charge in [0.25, 0.3) is 0 Å². The molecule has 0 aliphatic heterocycles. The quantitative estimate of drug-likeness (QED) is 0.698. The molecule has 0 heterocycles. The molecule has 0 aliphatic rings. The second kappa shape index (κ2) is 5.70. The fraction of sp³-hybridized carbons (Fsp3) is 0.200. The van der Waals surface area contributed by atoms with Crippen LogP contribution in [-0.2, 0) is 5.33 Å². The molecule has 2 aromatic carbocycles. The maximum atomic E-state index is 13.8. The fourth-order valence-electron chi connectivity index (χ4n) is 1.90. The zero-order valence-corrected chi connectivity index (χ0v) is 12.2. The Balaban J connectivity index is 2.38. The summed E-state index contributed by atoms with van der Waals surface area (Å²) < 4.78 is 32.9. The first kappa shape index (κ1) is 14.0. The van der Waals surface area contributed by atoms with Crippen LogP contribution in [0.5, 0.6) is 11.5 Å². The van der Waals surface area contributed by atoms with Crippen LogP contribution in [0.25, 0.3) is 0 Å². The molecule has 0 saturated carbocycles. The van der Waals surface area contributed by atoms with E-state index < -0.39 is 11.6 Å². The van der Waals surface area contributed by atoms with Crippen LogP contribution in [-0.4, -0.2) is 0 Å². The first-order valence-electron chi connectivity index (χ1n) is 5.79. The van der Waals surface area contributed by atoms with Gasteiger partial charge in [-0.15, -0.1) is 0 Å². The molecule has 0 atom stereocenters. The lowest BCUT2D eigenvalue weighted by Gasteiger charge is -2.10. The van der Waals surface area contributed by atoms with Gasteiger partial charge >= 0.3 is 0 Å². The van der Waals surface area contributed by atoms with Gasteiger partial charge in [-0.3, -0.25) is 0 Å². The van der Waals surface area contributed by atoms with Crippen LogP contribution in [0.3, 0.4) is 0 Å². The van der Waals surface area contributed by atoms with E-state index in [1.54, 1.807) is 12.1 Å². The van der Waals surface area contributed by atoms with Crippen molar-refractivity contribution in [3.63, 3.8) is 0 Å².